The first-order valence-electron chi connectivity index (χ1n) is 5.49. The summed E-state index contributed by atoms with van der Waals surface area (Å²) in [4.78, 5) is 7.68. The van der Waals surface area contributed by atoms with Crippen LogP contribution >= 0.6 is 23.8 Å². The molecule has 0 spiro atoms. The van der Waals surface area contributed by atoms with Gasteiger partial charge >= 0.3 is 0 Å². The van der Waals surface area contributed by atoms with Gasteiger partial charge < -0.3 is 4.98 Å². The molecule has 0 amide bonds. The predicted octanol–water partition coefficient (Wildman–Crippen LogP) is 4.04. The number of aromatic nitrogens is 3. The van der Waals surface area contributed by atoms with Crippen LogP contribution in [0.4, 0.5) is 0 Å². The molecule has 90 valence electrons. The third-order valence-electron chi connectivity index (χ3n) is 2.76. The molecular weight excluding hydrogens is 266 g/mol. The first-order chi connectivity index (χ1) is 8.65. The maximum Gasteiger partial charge on any atom is 0.183 e. The average Bonchev–Trinajstić information content (AvgIpc) is 2.66. The molecule has 0 atom stereocenters. The lowest BCUT2D eigenvalue weighted by Gasteiger charge is -2.04. The number of hydrogen-bond donors (Lipinski definition) is 1. The number of halogens is 1. The topological polar surface area (TPSA) is 33.6 Å². The molecule has 0 aliphatic rings. The lowest BCUT2D eigenvalue weighted by atomic mass is 10.3. The van der Waals surface area contributed by atoms with Crippen LogP contribution in [0.15, 0.2) is 36.4 Å². The van der Waals surface area contributed by atoms with Crippen molar-refractivity contribution in [3.63, 3.8) is 0 Å². The summed E-state index contributed by atoms with van der Waals surface area (Å²) < 4.78 is 2.54. The summed E-state index contributed by atoms with van der Waals surface area (Å²) in [5, 5.41) is 0.703. The number of aryl methyl sites for hydroxylation is 1. The molecule has 0 unspecified atom stereocenters. The van der Waals surface area contributed by atoms with E-state index in [2.05, 4.69) is 9.97 Å². The number of nitrogens with zero attached hydrogens (tertiary/aromatic N) is 2. The van der Waals surface area contributed by atoms with Crippen LogP contribution in [0.3, 0.4) is 0 Å². The highest BCUT2D eigenvalue weighted by atomic mass is 35.5. The molecule has 1 N–H and O–H groups in total. The second kappa shape index (κ2) is 4.23. The maximum atomic E-state index is 5.90. The van der Waals surface area contributed by atoms with E-state index < -0.39 is 0 Å². The van der Waals surface area contributed by atoms with Crippen LogP contribution in [0.5, 0.6) is 0 Å². The van der Waals surface area contributed by atoms with Gasteiger partial charge in [0.2, 0.25) is 0 Å². The highest BCUT2D eigenvalue weighted by Gasteiger charge is 2.07. The summed E-state index contributed by atoms with van der Waals surface area (Å²) in [7, 11) is 0. The molecule has 0 aliphatic heterocycles. The molecule has 0 fully saturated rings. The van der Waals surface area contributed by atoms with Crippen LogP contribution in [-0.2, 0) is 0 Å². The van der Waals surface area contributed by atoms with Crippen molar-refractivity contribution in [2.45, 2.75) is 6.92 Å². The van der Waals surface area contributed by atoms with Crippen molar-refractivity contribution >= 4 is 35.0 Å². The van der Waals surface area contributed by atoms with Crippen molar-refractivity contribution < 1.29 is 0 Å². The minimum Gasteiger partial charge on any atom is -0.329 e. The molecule has 0 bridgehead atoms. The smallest absolute Gasteiger partial charge is 0.183 e. The van der Waals surface area contributed by atoms with Crippen molar-refractivity contribution in [2.24, 2.45) is 0 Å². The van der Waals surface area contributed by atoms with Gasteiger partial charge in [0.25, 0.3) is 0 Å². The van der Waals surface area contributed by atoms with Crippen LogP contribution < -0.4 is 0 Å². The molecule has 2 heterocycles. The number of aromatic amines is 1. The average molecular weight is 276 g/mol. The van der Waals surface area contributed by atoms with Gasteiger partial charge in [0.15, 0.2) is 10.4 Å². The van der Waals surface area contributed by atoms with Gasteiger partial charge in [-0.2, -0.15) is 0 Å². The van der Waals surface area contributed by atoms with Gasteiger partial charge in [-0.3, -0.25) is 4.57 Å². The van der Waals surface area contributed by atoms with Crippen LogP contribution in [0.1, 0.15) is 5.69 Å². The standard InChI is InChI=1S/C13H10ClN3S/c1-8-2-7-11-12(15-8)17(13(18)16-11)10-5-3-9(14)4-6-10/h2-7H,1H3,(H,16,18). The van der Waals surface area contributed by atoms with E-state index in [1.807, 2.05) is 47.9 Å². The normalized spacial score (nSPS) is 11.0. The Hall–Kier alpha value is -1.65. The quantitative estimate of drug-likeness (QED) is 0.680. The summed E-state index contributed by atoms with van der Waals surface area (Å²) in [6, 6.07) is 11.5. The molecule has 0 saturated carbocycles. The lowest BCUT2D eigenvalue weighted by Crippen LogP contribution is -1.95. The van der Waals surface area contributed by atoms with E-state index in [9.17, 15) is 0 Å². The van der Waals surface area contributed by atoms with Gasteiger partial charge in [-0.05, 0) is 55.5 Å². The number of rotatable bonds is 1. The Kier molecular flexibility index (Phi) is 2.69. The van der Waals surface area contributed by atoms with Crippen molar-refractivity contribution in [2.75, 3.05) is 0 Å². The van der Waals surface area contributed by atoms with Crippen LogP contribution in [0.2, 0.25) is 5.02 Å². The molecule has 0 aliphatic carbocycles. The molecule has 2 aromatic heterocycles. The minimum absolute atomic E-state index is 0.630. The maximum absolute atomic E-state index is 5.90. The summed E-state index contributed by atoms with van der Waals surface area (Å²) in [5.41, 5.74) is 3.68. The molecule has 18 heavy (non-hydrogen) atoms. The summed E-state index contributed by atoms with van der Waals surface area (Å²) in [5.74, 6) is 0. The van der Waals surface area contributed by atoms with Crippen molar-refractivity contribution in [1.82, 2.24) is 14.5 Å². The predicted molar refractivity (Wildman–Crippen MR) is 76.0 cm³/mol. The Morgan fingerprint density at radius 2 is 1.89 bits per heavy atom. The van der Waals surface area contributed by atoms with E-state index in [4.69, 9.17) is 23.8 Å². The first-order valence-corrected chi connectivity index (χ1v) is 6.28. The lowest BCUT2D eigenvalue weighted by molar-refractivity contribution is 1.04. The van der Waals surface area contributed by atoms with E-state index in [1.165, 1.54) is 0 Å². The number of imidazole rings is 1. The van der Waals surface area contributed by atoms with Crippen molar-refractivity contribution in [3.05, 3.63) is 51.9 Å². The monoisotopic (exact) mass is 275 g/mol. The number of fused-ring (bicyclic) bond motifs is 1. The highest BCUT2D eigenvalue weighted by Crippen LogP contribution is 2.19. The van der Waals surface area contributed by atoms with Crippen LogP contribution in [-0.4, -0.2) is 14.5 Å². The number of benzene rings is 1. The fourth-order valence-corrected chi connectivity index (χ4v) is 2.34. The molecule has 5 heteroatoms. The summed E-state index contributed by atoms with van der Waals surface area (Å²) >= 11 is 11.2. The second-order valence-corrected chi connectivity index (χ2v) is 4.89. The van der Waals surface area contributed by atoms with Crippen molar-refractivity contribution in [1.29, 1.82) is 0 Å². The molecular formula is C13H10ClN3S. The fraction of sp³-hybridized carbons (Fsp3) is 0.0769. The zero-order valence-corrected chi connectivity index (χ0v) is 11.2. The van der Waals surface area contributed by atoms with Crippen LogP contribution in [0.25, 0.3) is 16.9 Å². The van der Waals surface area contributed by atoms with Gasteiger partial charge in [-0.15, -0.1) is 0 Å². The van der Waals surface area contributed by atoms with Gasteiger partial charge in [0.1, 0.15) is 0 Å². The molecule has 0 radical (unpaired) electrons. The number of nitrogens with one attached hydrogen (secondary N) is 1. The highest BCUT2D eigenvalue weighted by molar-refractivity contribution is 7.71. The van der Waals surface area contributed by atoms with Crippen LogP contribution in [0, 0.1) is 11.7 Å². The SMILES string of the molecule is Cc1ccc2[nH]c(=S)n(-c3ccc(Cl)cc3)c2n1. The van der Waals surface area contributed by atoms with E-state index in [0.717, 1.165) is 22.5 Å². The van der Waals surface area contributed by atoms with Crippen molar-refractivity contribution in [3.8, 4) is 5.69 Å². The zero-order valence-electron chi connectivity index (χ0n) is 9.64. The Balaban J connectivity index is 2.34. The molecule has 3 rings (SSSR count). The summed E-state index contributed by atoms with van der Waals surface area (Å²) in [6.07, 6.45) is 0. The number of H-pyrrole nitrogens is 1. The molecule has 3 aromatic rings. The minimum atomic E-state index is 0.630. The Morgan fingerprint density at radius 3 is 2.61 bits per heavy atom. The zero-order chi connectivity index (χ0) is 12.7. The molecule has 0 saturated heterocycles. The van der Waals surface area contributed by atoms with E-state index in [0.29, 0.717) is 9.79 Å². The Bertz CT molecular complexity index is 771. The summed E-state index contributed by atoms with van der Waals surface area (Å²) in [6.45, 7) is 1.96. The van der Waals surface area contributed by atoms with Gasteiger partial charge in [-0.1, -0.05) is 11.6 Å². The third kappa shape index (κ3) is 1.83. The number of pyridine rings is 1. The number of hydrogen-bond acceptors (Lipinski definition) is 2. The second-order valence-electron chi connectivity index (χ2n) is 4.07. The van der Waals surface area contributed by atoms with E-state index in [1.54, 1.807) is 0 Å². The van der Waals surface area contributed by atoms with Gasteiger partial charge in [-0.25, -0.2) is 4.98 Å². The van der Waals surface area contributed by atoms with E-state index >= 15 is 0 Å². The van der Waals surface area contributed by atoms with Gasteiger partial charge in [0, 0.05) is 10.7 Å². The molecule has 3 nitrogen and oxygen atoms in total. The molecule has 1 aromatic carbocycles. The Labute approximate surface area is 114 Å². The fourth-order valence-electron chi connectivity index (χ4n) is 1.91. The van der Waals surface area contributed by atoms with Gasteiger partial charge in [0.05, 0.1) is 11.2 Å². The Morgan fingerprint density at radius 1 is 1.17 bits per heavy atom. The first kappa shape index (κ1) is 11.4. The largest absolute Gasteiger partial charge is 0.329 e. The van der Waals surface area contributed by atoms with E-state index in [-0.39, 0.29) is 0 Å². The third-order valence-corrected chi connectivity index (χ3v) is 3.29.